The van der Waals surface area contributed by atoms with Crippen LogP contribution in [0.2, 0.25) is 0 Å². The molecular weight excluding hydrogens is 354 g/mol. The Kier molecular flexibility index (Phi) is 5.94. The first-order valence-corrected chi connectivity index (χ1v) is 8.32. The molecule has 1 fully saturated rings. The van der Waals surface area contributed by atoms with Crippen molar-refractivity contribution in [3.05, 3.63) is 29.8 Å². The molecule has 27 heavy (non-hydrogen) atoms. The van der Waals surface area contributed by atoms with E-state index in [4.69, 9.17) is 4.74 Å². The number of benzene rings is 1. The Balaban J connectivity index is 1.94. The third kappa shape index (κ3) is 5.63. The van der Waals surface area contributed by atoms with Gasteiger partial charge in [0.2, 0.25) is 11.8 Å². The largest absolute Gasteiger partial charge is 0.452 e. The van der Waals surface area contributed by atoms with Gasteiger partial charge in [-0.1, -0.05) is 6.07 Å². The minimum absolute atomic E-state index is 0.0759. The zero-order valence-corrected chi connectivity index (χ0v) is 15.3. The number of hydrogen-bond donors (Lipinski definition) is 2. The molecule has 1 aliphatic rings. The molecule has 9 nitrogen and oxygen atoms in total. The van der Waals surface area contributed by atoms with Gasteiger partial charge in [-0.05, 0) is 39.0 Å². The summed E-state index contributed by atoms with van der Waals surface area (Å²) >= 11 is 0. The number of ether oxygens (including phenoxy) is 1. The maximum absolute atomic E-state index is 12.1. The summed E-state index contributed by atoms with van der Waals surface area (Å²) in [5, 5.41) is 4.58. The van der Waals surface area contributed by atoms with Crippen molar-refractivity contribution in [2.24, 2.45) is 0 Å². The molecule has 2 N–H and O–H groups in total. The Bertz CT molecular complexity index is 781. The Hall–Kier alpha value is -3.23. The predicted molar refractivity (Wildman–Crippen MR) is 94.9 cm³/mol. The van der Waals surface area contributed by atoms with Crippen molar-refractivity contribution >= 4 is 35.4 Å². The molecule has 0 atom stereocenters. The van der Waals surface area contributed by atoms with Gasteiger partial charge in [0.05, 0.1) is 11.3 Å². The smallest absolute Gasteiger partial charge is 0.338 e. The number of carbonyl (C=O) groups is 5. The number of carbonyl (C=O) groups excluding carboxylic acids is 5. The Morgan fingerprint density at radius 3 is 2.33 bits per heavy atom. The number of amides is 5. The molecule has 0 aromatic heterocycles. The summed E-state index contributed by atoms with van der Waals surface area (Å²) in [4.78, 5) is 60.0. The molecule has 144 valence electrons. The average molecular weight is 375 g/mol. The highest BCUT2D eigenvalue weighted by Gasteiger charge is 2.30. The summed E-state index contributed by atoms with van der Waals surface area (Å²) in [6.07, 6.45) is 0.259. The molecule has 1 aliphatic heterocycles. The van der Waals surface area contributed by atoms with Crippen molar-refractivity contribution in [2.45, 2.75) is 39.2 Å². The summed E-state index contributed by atoms with van der Waals surface area (Å²) in [5.74, 6) is -2.28. The molecule has 1 aromatic carbocycles. The predicted octanol–water partition coefficient (Wildman–Crippen LogP) is 1.12. The molecule has 2 rings (SSSR count). The molecule has 1 aromatic rings. The van der Waals surface area contributed by atoms with Gasteiger partial charge in [0, 0.05) is 18.4 Å². The van der Waals surface area contributed by atoms with Crippen molar-refractivity contribution in [2.75, 3.05) is 11.5 Å². The van der Waals surface area contributed by atoms with E-state index in [1.165, 1.54) is 24.3 Å². The van der Waals surface area contributed by atoms with Crippen molar-refractivity contribution < 1.29 is 28.7 Å². The quantitative estimate of drug-likeness (QED) is 0.601. The summed E-state index contributed by atoms with van der Waals surface area (Å²) in [7, 11) is 0. The molecule has 0 aliphatic carbocycles. The SMILES string of the molecule is CC(C)(C)NC(=O)NC(=O)COC(=O)c1cccc(N2C(=O)CCC2=O)c1. The first-order valence-electron chi connectivity index (χ1n) is 8.32. The van der Waals surface area contributed by atoms with Crippen molar-refractivity contribution in [1.29, 1.82) is 0 Å². The second-order valence-electron chi connectivity index (χ2n) is 7.00. The van der Waals surface area contributed by atoms with Gasteiger partial charge in [-0.3, -0.25) is 24.6 Å². The minimum Gasteiger partial charge on any atom is -0.452 e. The van der Waals surface area contributed by atoms with Crippen LogP contribution in [0.25, 0.3) is 0 Å². The topological polar surface area (TPSA) is 122 Å². The van der Waals surface area contributed by atoms with E-state index in [-0.39, 0.29) is 35.9 Å². The van der Waals surface area contributed by atoms with Crippen LogP contribution in [0.1, 0.15) is 44.0 Å². The van der Waals surface area contributed by atoms with Crippen LogP contribution in [0.15, 0.2) is 24.3 Å². The van der Waals surface area contributed by atoms with E-state index in [2.05, 4.69) is 5.32 Å². The summed E-state index contributed by atoms with van der Waals surface area (Å²) in [6.45, 7) is 4.60. The van der Waals surface area contributed by atoms with Gasteiger partial charge in [0.25, 0.3) is 5.91 Å². The molecular formula is C18H21N3O6. The Morgan fingerprint density at radius 1 is 1.11 bits per heavy atom. The van der Waals surface area contributed by atoms with Crippen LogP contribution in [0.5, 0.6) is 0 Å². The second-order valence-corrected chi connectivity index (χ2v) is 7.00. The third-order valence-corrected chi connectivity index (χ3v) is 3.47. The molecule has 0 spiro atoms. The van der Waals surface area contributed by atoms with Crippen molar-refractivity contribution in [3.8, 4) is 0 Å². The van der Waals surface area contributed by atoms with E-state index < -0.39 is 30.1 Å². The lowest BCUT2D eigenvalue weighted by atomic mass is 10.1. The van der Waals surface area contributed by atoms with Gasteiger partial charge in [-0.15, -0.1) is 0 Å². The number of nitrogens with one attached hydrogen (secondary N) is 2. The van der Waals surface area contributed by atoms with Crippen LogP contribution >= 0.6 is 0 Å². The van der Waals surface area contributed by atoms with E-state index >= 15 is 0 Å². The van der Waals surface area contributed by atoms with Crippen LogP contribution in [0.3, 0.4) is 0 Å². The summed E-state index contributed by atoms with van der Waals surface area (Å²) < 4.78 is 4.87. The van der Waals surface area contributed by atoms with Gasteiger partial charge in [0.15, 0.2) is 6.61 Å². The van der Waals surface area contributed by atoms with Crippen LogP contribution in [0.4, 0.5) is 10.5 Å². The Morgan fingerprint density at radius 2 is 1.74 bits per heavy atom. The second kappa shape index (κ2) is 7.98. The lowest BCUT2D eigenvalue weighted by Gasteiger charge is -2.20. The molecule has 5 amide bonds. The number of esters is 1. The number of rotatable bonds is 4. The monoisotopic (exact) mass is 375 g/mol. The average Bonchev–Trinajstić information content (AvgIpc) is 2.89. The van der Waals surface area contributed by atoms with E-state index in [9.17, 15) is 24.0 Å². The van der Waals surface area contributed by atoms with Gasteiger partial charge >= 0.3 is 12.0 Å². The zero-order valence-electron chi connectivity index (χ0n) is 15.3. The highest BCUT2D eigenvalue weighted by Crippen LogP contribution is 2.23. The maximum atomic E-state index is 12.1. The molecule has 0 unspecified atom stereocenters. The lowest BCUT2D eigenvalue weighted by Crippen LogP contribution is -2.49. The number of nitrogens with zero attached hydrogens (tertiary/aromatic N) is 1. The first kappa shape index (κ1) is 20.1. The van der Waals surface area contributed by atoms with Gasteiger partial charge < -0.3 is 10.1 Å². The fraction of sp³-hybridized carbons (Fsp3) is 0.389. The van der Waals surface area contributed by atoms with Gasteiger partial charge in [-0.2, -0.15) is 0 Å². The van der Waals surface area contributed by atoms with Gasteiger partial charge in [-0.25, -0.2) is 9.59 Å². The van der Waals surface area contributed by atoms with Crippen LogP contribution in [-0.2, 0) is 19.1 Å². The van der Waals surface area contributed by atoms with E-state index in [0.717, 1.165) is 4.90 Å². The molecule has 0 radical (unpaired) electrons. The number of imide groups is 2. The van der Waals surface area contributed by atoms with E-state index in [0.29, 0.717) is 0 Å². The van der Waals surface area contributed by atoms with Gasteiger partial charge in [0.1, 0.15) is 0 Å². The molecule has 0 saturated carbocycles. The number of hydrogen-bond acceptors (Lipinski definition) is 6. The van der Waals surface area contributed by atoms with E-state index in [1.54, 1.807) is 20.8 Å². The fourth-order valence-electron chi connectivity index (χ4n) is 2.39. The third-order valence-electron chi connectivity index (χ3n) is 3.47. The summed E-state index contributed by atoms with van der Waals surface area (Å²) in [6, 6.07) is 5.11. The van der Waals surface area contributed by atoms with E-state index in [1.807, 2.05) is 5.32 Å². The zero-order chi connectivity index (χ0) is 20.2. The molecule has 0 bridgehead atoms. The van der Waals surface area contributed by atoms with Crippen LogP contribution in [-0.4, -0.2) is 41.9 Å². The maximum Gasteiger partial charge on any atom is 0.338 e. The molecule has 1 saturated heterocycles. The first-order chi connectivity index (χ1) is 12.6. The highest BCUT2D eigenvalue weighted by molar-refractivity contribution is 6.20. The number of anilines is 1. The highest BCUT2D eigenvalue weighted by atomic mass is 16.5. The van der Waals surface area contributed by atoms with Crippen molar-refractivity contribution in [3.63, 3.8) is 0 Å². The molecule has 1 heterocycles. The molecule has 9 heteroatoms. The normalized spacial score (nSPS) is 14.1. The van der Waals surface area contributed by atoms with Crippen LogP contribution in [0, 0.1) is 0 Å². The number of urea groups is 1. The van der Waals surface area contributed by atoms with Crippen LogP contribution < -0.4 is 15.5 Å². The summed E-state index contributed by atoms with van der Waals surface area (Å²) in [5.41, 5.74) is -0.177. The minimum atomic E-state index is -0.817. The van der Waals surface area contributed by atoms with Crippen molar-refractivity contribution in [1.82, 2.24) is 10.6 Å². The standard InChI is InChI=1S/C18H21N3O6/c1-18(2,3)20-17(26)19-13(22)10-27-16(25)11-5-4-6-12(9-11)21-14(23)7-8-15(21)24/h4-6,9H,7-8,10H2,1-3H3,(H2,19,20,22,26). The Labute approximate surface area is 156 Å². The fourth-order valence-corrected chi connectivity index (χ4v) is 2.39. The lowest BCUT2D eigenvalue weighted by molar-refractivity contribution is -0.123.